The van der Waals surface area contributed by atoms with E-state index < -0.39 is 11.7 Å². The first-order valence-corrected chi connectivity index (χ1v) is 11.9. The number of nitrogens with zero attached hydrogens (tertiary/aromatic N) is 4. The number of halogens is 3. The Morgan fingerprint density at radius 2 is 1.89 bits per heavy atom. The van der Waals surface area contributed by atoms with Gasteiger partial charge >= 0.3 is 6.18 Å². The van der Waals surface area contributed by atoms with Crippen molar-refractivity contribution in [2.24, 2.45) is 0 Å². The fourth-order valence-electron chi connectivity index (χ4n) is 4.50. The molecule has 1 aliphatic rings. The van der Waals surface area contributed by atoms with Crippen molar-refractivity contribution < 1.29 is 22.6 Å². The number of para-hydroxylation sites is 1. The Bertz CT molecular complexity index is 1500. The molecule has 2 aromatic carbocycles. The van der Waals surface area contributed by atoms with Crippen LogP contribution in [0.1, 0.15) is 48.2 Å². The Morgan fingerprint density at radius 3 is 2.57 bits per heavy atom. The van der Waals surface area contributed by atoms with Crippen LogP contribution in [-0.4, -0.2) is 27.7 Å². The molecule has 188 valence electrons. The minimum absolute atomic E-state index is 0.108. The van der Waals surface area contributed by atoms with Gasteiger partial charge in [-0.1, -0.05) is 12.1 Å². The largest absolute Gasteiger partial charge is 0.493 e. The molecule has 0 unspecified atom stereocenters. The highest BCUT2D eigenvalue weighted by atomic mass is 19.4. The lowest BCUT2D eigenvalue weighted by Crippen LogP contribution is -2.12. The second kappa shape index (κ2) is 9.97. The van der Waals surface area contributed by atoms with Crippen LogP contribution in [0.25, 0.3) is 29.0 Å². The zero-order valence-electron chi connectivity index (χ0n) is 20.0. The van der Waals surface area contributed by atoms with Crippen LogP contribution >= 0.6 is 0 Å². The van der Waals surface area contributed by atoms with E-state index in [4.69, 9.17) is 14.7 Å². The highest BCUT2D eigenvalue weighted by Crippen LogP contribution is 2.36. The van der Waals surface area contributed by atoms with Gasteiger partial charge in [-0.2, -0.15) is 18.4 Å². The van der Waals surface area contributed by atoms with E-state index in [2.05, 4.69) is 9.97 Å². The molecule has 0 radical (unpaired) electrons. The summed E-state index contributed by atoms with van der Waals surface area (Å²) in [5.41, 5.74) is 0.975. The molecule has 1 aliphatic carbocycles. The standard InChI is InChI=1S/C28H23F3N4O2/c1-36-24-8-4-5-19(27(24)37-21-6-2-3-7-21)10-14-26-34-22-15-20(28(29,30)31)11-12-23(22)35(26)25-13-9-18(16-32)17-33-25/h4-5,8-15,17,21H,2-3,6-7H2,1H3/b14-10+. The third-order valence-electron chi connectivity index (χ3n) is 6.34. The highest BCUT2D eigenvalue weighted by molar-refractivity contribution is 5.83. The lowest BCUT2D eigenvalue weighted by Gasteiger charge is -2.18. The Hall–Kier alpha value is -4.32. The van der Waals surface area contributed by atoms with Gasteiger partial charge in [0.2, 0.25) is 0 Å². The second-order valence-electron chi connectivity index (χ2n) is 8.76. The van der Waals surface area contributed by atoms with Crippen molar-refractivity contribution in [3.8, 4) is 23.4 Å². The zero-order valence-corrected chi connectivity index (χ0v) is 20.0. The molecule has 2 heterocycles. The number of aromatic nitrogens is 3. The zero-order chi connectivity index (χ0) is 26.0. The van der Waals surface area contributed by atoms with Crippen LogP contribution < -0.4 is 9.47 Å². The number of methoxy groups -OCH3 is 1. The number of imidazole rings is 1. The summed E-state index contributed by atoms with van der Waals surface area (Å²) < 4.78 is 53.6. The van der Waals surface area contributed by atoms with Crippen LogP contribution in [-0.2, 0) is 6.18 Å². The molecule has 4 aromatic rings. The Balaban J connectivity index is 1.61. The van der Waals surface area contributed by atoms with Crippen LogP contribution in [0.4, 0.5) is 13.2 Å². The van der Waals surface area contributed by atoms with Crippen LogP contribution in [0.15, 0.2) is 54.7 Å². The minimum Gasteiger partial charge on any atom is -0.493 e. The maximum absolute atomic E-state index is 13.4. The van der Waals surface area contributed by atoms with Gasteiger partial charge in [-0.05, 0) is 74.2 Å². The number of hydrogen-bond donors (Lipinski definition) is 0. The summed E-state index contributed by atoms with van der Waals surface area (Å²) >= 11 is 0. The molecule has 37 heavy (non-hydrogen) atoms. The number of fused-ring (bicyclic) bond motifs is 1. The predicted molar refractivity (Wildman–Crippen MR) is 133 cm³/mol. The molecular weight excluding hydrogens is 481 g/mol. The molecule has 0 spiro atoms. The lowest BCUT2D eigenvalue weighted by atomic mass is 10.1. The van der Waals surface area contributed by atoms with Crippen LogP contribution in [0, 0.1) is 11.3 Å². The number of ether oxygens (including phenoxy) is 2. The highest BCUT2D eigenvalue weighted by Gasteiger charge is 2.31. The van der Waals surface area contributed by atoms with Crippen molar-refractivity contribution in [2.45, 2.75) is 38.0 Å². The molecule has 6 nitrogen and oxygen atoms in total. The third kappa shape index (κ3) is 5.00. The number of rotatable bonds is 6. The fraction of sp³-hybridized carbons (Fsp3) is 0.250. The number of hydrogen-bond acceptors (Lipinski definition) is 5. The summed E-state index contributed by atoms with van der Waals surface area (Å²) in [4.78, 5) is 8.84. The van der Waals surface area contributed by atoms with Crippen LogP contribution in [0.5, 0.6) is 11.5 Å². The number of nitriles is 1. The summed E-state index contributed by atoms with van der Waals surface area (Å²) in [6.07, 6.45) is 4.73. The quantitative estimate of drug-likeness (QED) is 0.288. The Morgan fingerprint density at radius 1 is 1.08 bits per heavy atom. The SMILES string of the molecule is COc1cccc(/C=C/c2nc3cc(C(F)(F)F)ccc3n2-c2ccc(C#N)cn2)c1OC1CCCC1. The van der Waals surface area contributed by atoms with E-state index in [0.29, 0.717) is 34.2 Å². The first-order valence-electron chi connectivity index (χ1n) is 11.9. The lowest BCUT2D eigenvalue weighted by molar-refractivity contribution is -0.137. The number of alkyl halides is 3. The van der Waals surface area contributed by atoms with Gasteiger partial charge < -0.3 is 9.47 Å². The molecule has 0 bridgehead atoms. The van der Waals surface area contributed by atoms with Crippen molar-refractivity contribution in [2.75, 3.05) is 7.11 Å². The first kappa shape index (κ1) is 24.4. The van der Waals surface area contributed by atoms with E-state index in [9.17, 15) is 13.2 Å². The topological polar surface area (TPSA) is 73.0 Å². The smallest absolute Gasteiger partial charge is 0.416 e. The maximum Gasteiger partial charge on any atom is 0.416 e. The van der Waals surface area contributed by atoms with Crippen molar-refractivity contribution >= 4 is 23.2 Å². The summed E-state index contributed by atoms with van der Waals surface area (Å²) in [7, 11) is 1.58. The summed E-state index contributed by atoms with van der Waals surface area (Å²) in [6, 6.07) is 14.2. The average Bonchev–Trinajstić information content (AvgIpc) is 3.54. The van der Waals surface area contributed by atoms with Gasteiger partial charge in [-0.15, -0.1) is 0 Å². The monoisotopic (exact) mass is 504 g/mol. The first-order chi connectivity index (χ1) is 17.9. The molecule has 9 heteroatoms. The molecule has 1 saturated carbocycles. The van der Waals surface area contributed by atoms with Crippen LogP contribution in [0.3, 0.4) is 0 Å². The normalized spacial score (nSPS) is 14.4. The molecule has 0 saturated heterocycles. The van der Waals surface area contributed by atoms with E-state index in [-0.39, 0.29) is 11.6 Å². The van der Waals surface area contributed by atoms with Crippen molar-refractivity contribution in [1.82, 2.24) is 14.5 Å². The summed E-state index contributed by atoms with van der Waals surface area (Å²) in [5.74, 6) is 2.02. The van der Waals surface area contributed by atoms with Gasteiger partial charge in [0.15, 0.2) is 11.5 Å². The van der Waals surface area contributed by atoms with E-state index in [1.165, 1.54) is 12.3 Å². The van der Waals surface area contributed by atoms with Gasteiger partial charge in [0.05, 0.1) is 35.4 Å². The summed E-state index contributed by atoms with van der Waals surface area (Å²) in [6.45, 7) is 0. The molecule has 2 aromatic heterocycles. The van der Waals surface area contributed by atoms with Gasteiger partial charge in [0.25, 0.3) is 0 Å². The summed E-state index contributed by atoms with van der Waals surface area (Å²) in [5, 5.41) is 9.12. The molecule has 0 aliphatic heterocycles. The molecule has 1 fully saturated rings. The second-order valence-corrected chi connectivity index (χ2v) is 8.76. The Kier molecular flexibility index (Phi) is 6.57. The maximum atomic E-state index is 13.4. The van der Waals surface area contributed by atoms with Crippen molar-refractivity contribution in [1.29, 1.82) is 5.26 Å². The Labute approximate surface area is 211 Å². The van der Waals surface area contributed by atoms with E-state index in [1.807, 2.05) is 24.3 Å². The number of benzene rings is 2. The van der Waals surface area contributed by atoms with E-state index in [0.717, 1.165) is 43.4 Å². The van der Waals surface area contributed by atoms with E-state index >= 15 is 0 Å². The third-order valence-corrected chi connectivity index (χ3v) is 6.34. The molecule has 5 rings (SSSR count). The number of pyridine rings is 1. The van der Waals surface area contributed by atoms with Gasteiger partial charge in [0, 0.05) is 11.8 Å². The van der Waals surface area contributed by atoms with Crippen molar-refractivity contribution in [3.63, 3.8) is 0 Å². The minimum atomic E-state index is -4.49. The van der Waals surface area contributed by atoms with Crippen LogP contribution in [0.2, 0.25) is 0 Å². The molecular formula is C28H23F3N4O2. The molecule has 0 amide bonds. The van der Waals surface area contributed by atoms with Crippen molar-refractivity contribution in [3.05, 3.63) is 77.2 Å². The van der Waals surface area contributed by atoms with Gasteiger partial charge in [0.1, 0.15) is 17.7 Å². The predicted octanol–water partition coefficient (Wildman–Crippen LogP) is 6.81. The molecule has 0 atom stereocenters. The fourth-order valence-corrected chi connectivity index (χ4v) is 4.50. The van der Waals surface area contributed by atoms with E-state index in [1.54, 1.807) is 36.0 Å². The van der Waals surface area contributed by atoms with Gasteiger partial charge in [-0.25, -0.2) is 9.97 Å². The molecule has 0 N–H and O–H groups in total. The average molecular weight is 505 g/mol. The van der Waals surface area contributed by atoms with Gasteiger partial charge in [-0.3, -0.25) is 4.57 Å².